The molecule has 0 radical (unpaired) electrons. The molecule has 9 aromatic heterocycles. The summed E-state index contributed by atoms with van der Waals surface area (Å²) in [5, 5.41) is 19.3. The highest BCUT2D eigenvalue weighted by Crippen LogP contribution is 2.36. The quantitative estimate of drug-likeness (QED) is 0.0213. The smallest absolute Gasteiger partial charge is 0.408 e. The molecule has 119 heavy (non-hydrogen) atoms. The molecule has 34 heteroatoms. The number of carbonyl (C=O) groups is 6. The van der Waals surface area contributed by atoms with Crippen LogP contribution in [0.25, 0.3) is 39.5 Å². The van der Waals surface area contributed by atoms with Gasteiger partial charge in [0.2, 0.25) is 4.69 Å². The maximum absolute atomic E-state index is 13.5. The lowest BCUT2D eigenvalue weighted by Gasteiger charge is -2.19. The zero-order chi connectivity index (χ0) is 87.0. The van der Waals surface area contributed by atoms with E-state index in [-0.39, 0.29) is 62.4 Å². The Morgan fingerprint density at radius 3 is 1.66 bits per heavy atom. The van der Waals surface area contributed by atoms with Crippen LogP contribution < -0.4 is 32.8 Å². The number of alkyl carbamates (subject to hydrolysis) is 2. The van der Waals surface area contributed by atoms with E-state index in [0.717, 1.165) is 125 Å². The number of aryl methyl sites for hydroxylation is 2. The second kappa shape index (κ2) is 43.5. The molecule has 0 fully saturated rings. The Kier molecular flexibility index (Phi) is 34.1. The lowest BCUT2D eigenvalue weighted by Crippen LogP contribution is -2.36. The fourth-order valence-electron chi connectivity index (χ4n) is 11.3. The Balaban J connectivity index is 0.000000185. The minimum absolute atomic E-state index is 0.00562. The van der Waals surface area contributed by atoms with Gasteiger partial charge in [0.25, 0.3) is 17.0 Å². The monoisotopic (exact) mass is 1870 g/mol. The first-order chi connectivity index (χ1) is 56.3. The molecule has 3 aliphatic rings. The number of ketones is 1. The minimum atomic E-state index is -1.33. The van der Waals surface area contributed by atoms with Gasteiger partial charge in [-0.2, -0.15) is 0 Å². The third-order valence-electron chi connectivity index (χ3n) is 16.7. The molecule has 7 N–H and O–H groups in total. The number of hydrogen-bond donors (Lipinski definition) is 6. The number of pyridine rings is 6. The van der Waals surface area contributed by atoms with Crippen LogP contribution >= 0.6 is 82.7 Å². The van der Waals surface area contributed by atoms with Gasteiger partial charge in [0.15, 0.2) is 29.1 Å². The molecule has 2 aromatic carbocycles. The van der Waals surface area contributed by atoms with Crippen molar-refractivity contribution in [1.29, 1.82) is 0 Å². The number of carbonyl (C=O) groups excluding carboxylic acids is 5. The van der Waals surface area contributed by atoms with Gasteiger partial charge in [-0.25, -0.2) is 46.9 Å². The van der Waals surface area contributed by atoms with Crippen molar-refractivity contribution < 1.29 is 60.9 Å². The summed E-state index contributed by atoms with van der Waals surface area (Å²) >= 11 is 16.7. The first-order valence-electron chi connectivity index (χ1n) is 36.6. The van der Waals surface area contributed by atoms with Gasteiger partial charge in [0, 0.05) is 106 Å². The van der Waals surface area contributed by atoms with Gasteiger partial charge in [-0.15, -0.1) is 22.7 Å². The molecule has 0 spiro atoms. The van der Waals surface area contributed by atoms with E-state index in [2.05, 4.69) is 143 Å². The van der Waals surface area contributed by atoms with Gasteiger partial charge in [0.05, 0.1) is 75.8 Å². The van der Waals surface area contributed by atoms with Crippen LogP contribution in [0.2, 0.25) is 0 Å². The van der Waals surface area contributed by atoms with Crippen LogP contribution in [0.1, 0.15) is 146 Å². The number of thiocarbonyl (C=S) groups is 1. The van der Waals surface area contributed by atoms with E-state index in [4.69, 9.17) is 25.3 Å². The van der Waals surface area contributed by atoms with Crippen molar-refractivity contribution in [3.8, 4) is 11.3 Å². The molecule has 0 bridgehead atoms. The molecule has 3 amide bonds. The maximum Gasteiger partial charge on any atom is 0.408 e. The number of aromatic nitrogens is 9. The maximum atomic E-state index is 13.5. The van der Waals surface area contributed by atoms with E-state index < -0.39 is 69.7 Å². The van der Waals surface area contributed by atoms with Crippen LogP contribution in [0, 0.1) is 37.1 Å². The van der Waals surface area contributed by atoms with E-state index in [1.807, 2.05) is 95.7 Å². The summed E-state index contributed by atoms with van der Waals surface area (Å²) in [5.41, 5.74) is 15.5. The number of thiazole rings is 2. The van der Waals surface area contributed by atoms with Crippen molar-refractivity contribution >= 4 is 150 Å². The van der Waals surface area contributed by atoms with E-state index in [0.29, 0.717) is 22.7 Å². The third kappa shape index (κ3) is 28.0. The van der Waals surface area contributed by atoms with Crippen molar-refractivity contribution in [3.05, 3.63) is 296 Å². The highest BCUT2D eigenvalue weighted by atomic mass is 79.9. The summed E-state index contributed by atoms with van der Waals surface area (Å²) in [4.78, 5) is 125. The number of nitrogens with zero attached hydrogens (tertiary/aromatic N) is 8. The Labute approximate surface area is 721 Å². The minimum Gasteiger partial charge on any atom is -0.477 e. The van der Waals surface area contributed by atoms with E-state index in [1.54, 1.807) is 57.5 Å². The van der Waals surface area contributed by atoms with Crippen molar-refractivity contribution in [2.45, 2.75) is 136 Å². The van der Waals surface area contributed by atoms with Crippen LogP contribution in [-0.4, -0.2) is 116 Å². The van der Waals surface area contributed by atoms with Gasteiger partial charge < -0.3 is 50.4 Å². The number of carboxylic acids is 1. The summed E-state index contributed by atoms with van der Waals surface area (Å²) < 4.78 is 65.1. The number of nitrogens with two attached hydrogens (primary N) is 1. The topological polar surface area (TPSA) is 340 Å². The molecule has 2 atom stereocenters. The van der Waals surface area contributed by atoms with E-state index in [1.165, 1.54) is 69.9 Å². The normalized spacial score (nSPS) is 12.3. The highest BCUT2D eigenvalue weighted by molar-refractivity contribution is 9.20. The highest BCUT2D eigenvalue weighted by Gasteiger charge is 2.26. The van der Waals surface area contributed by atoms with Crippen molar-refractivity contribution in [2.24, 2.45) is 5.73 Å². The Hall–Kier alpha value is -11.2. The number of H-pyrrole nitrogens is 1. The number of hydrogen-bond acceptors (Lipinski definition) is 19. The molecule has 9 heterocycles. The average Bonchev–Trinajstić information content (AvgIpc) is 1.65. The number of Topliss-reactive ketones (excluding diaryl/α,β-unsaturated/α-hetero) is 1. The number of halogens is 7. The van der Waals surface area contributed by atoms with Crippen LogP contribution in [0.4, 0.5) is 27.2 Å². The second-order valence-electron chi connectivity index (χ2n) is 28.2. The number of aromatic carboxylic acids is 1. The first-order valence-corrected chi connectivity index (χ1v) is 41.3. The predicted octanol–water partition coefficient (Wildman–Crippen LogP) is 16.7. The zero-order valence-electron chi connectivity index (χ0n) is 66.1. The lowest BCUT2D eigenvalue weighted by atomic mass is 10.0. The molecular weight excluding hydrogens is 1790 g/mol. The van der Waals surface area contributed by atoms with Gasteiger partial charge >= 0.3 is 18.2 Å². The fraction of sp³-hybridized carbons (Fsp3) is 0.259. The third-order valence-corrected chi connectivity index (χ3v) is 20.9. The van der Waals surface area contributed by atoms with Gasteiger partial charge in [-0.05, 0) is 181 Å². The molecular formula is C85H84Br3F4N13O11S3. The molecule has 622 valence electrons. The van der Waals surface area contributed by atoms with Gasteiger partial charge in [0.1, 0.15) is 38.0 Å². The SMILES string of the molecule is C1=Cc2cccnc2C1.CC(Br)C(=O)Br.CC(Br)C(=O)C1=CCc2ncccc21.CC(C)(C)OC(=O)NCC(N)=S.Cc1sc(CNC(=O)OC(C)(C)C)nc1C1=CCc2ncccc21.Cc1sc(CNC(=O)c2cccn(Cc3ccc(F)c(F)c3)c2=O)nc1-c1c[nH]c2ncccc12.O=C(O)c1cccn(Cc2ccc(F)c(F)c2)c1=O. The van der Waals surface area contributed by atoms with Crippen molar-refractivity contribution in [3.63, 3.8) is 0 Å². The lowest BCUT2D eigenvalue weighted by molar-refractivity contribution is -0.113. The van der Waals surface area contributed by atoms with Crippen molar-refractivity contribution in [2.75, 3.05) is 6.54 Å². The summed E-state index contributed by atoms with van der Waals surface area (Å²) in [6.07, 6.45) is 22.0. The molecule has 24 nitrogen and oxygen atoms in total. The number of allylic oxidation sites excluding steroid dienone is 4. The van der Waals surface area contributed by atoms with Crippen LogP contribution in [0.5, 0.6) is 0 Å². The second-order valence-corrected chi connectivity index (χ2v) is 34.8. The first kappa shape index (κ1) is 93.3. The number of amides is 3. The number of aromatic amines is 1. The van der Waals surface area contributed by atoms with Crippen LogP contribution in [0.15, 0.2) is 180 Å². The van der Waals surface area contributed by atoms with E-state index >= 15 is 0 Å². The molecule has 3 aliphatic carbocycles. The standard InChI is InChI=1S/C25H19F2N5O2S.C18H21N3O2S.C13H9F2NO3.C11H10BrNO.C8H7N.C7H14N2O2S.C3H4Br2O/c1-14-22(18-11-29-23-16(18)4-2-8-28-23)31-21(35-14)12-30-24(33)17-5-3-9-32(25(17)34)13-15-6-7-19(26)20(27)10-15;1-11-16(13-7-8-14-12(13)6-5-9-19-14)21-15(24-11)10-20-17(22)23-18(2,3)4;14-10-4-3-8(6-11(10)15)7-16-5-1-2-9(12(16)17)13(18)19;1-7(12)11(14)9-4-5-10-8(9)3-2-6-13-10;1-3-7-4-2-6-9-8(7)5-1;1-7(2,3)11-6(10)9-4-5(8)12;1-2(4)3(5)6/h2-11H,12-13H2,1H3,(H,28,29)(H,30,33);5-7,9H,8,10H2,1-4H3,(H,20,22);1-6H,7H2,(H,18,19);2-4,6-7H,5H2,1H3;1-4,6H,5H2;4H2,1-3H3,(H2,8,12)(H,9,10);2H,1H3. The number of rotatable bonds is 17. The van der Waals surface area contributed by atoms with Crippen molar-refractivity contribution in [1.82, 2.24) is 60.0 Å². The molecule has 11 aromatic rings. The average molecular weight is 1880 g/mol. The number of ether oxygens (including phenoxy) is 2. The number of alkyl halides is 2. The Morgan fingerprint density at radius 1 is 0.613 bits per heavy atom. The predicted molar refractivity (Wildman–Crippen MR) is 467 cm³/mol. The number of nitrogens with one attached hydrogen (secondary N) is 4. The molecule has 0 aliphatic heterocycles. The Morgan fingerprint density at radius 2 is 1.11 bits per heavy atom. The number of benzene rings is 2. The van der Waals surface area contributed by atoms with Crippen LogP contribution in [-0.2, 0) is 64.5 Å². The van der Waals surface area contributed by atoms with Gasteiger partial charge in [-0.1, -0.05) is 98.7 Å². The van der Waals surface area contributed by atoms with E-state index in [9.17, 15) is 55.9 Å². The largest absolute Gasteiger partial charge is 0.477 e. The molecule has 2 unspecified atom stereocenters. The molecule has 0 saturated heterocycles. The Bertz CT molecular complexity index is 5750. The summed E-state index contributed by atoms with van der Waals surface area (Å²) in [6.45, 7) is 19.2. The zero-order valence-corrected chi connectivity index (χ0v) is 73.3. The van der Waals surface area contributed by atoms with Crippen LogP contribution in [0.3, 0.4) is 0 Å². The summed E-state index contributed by atoms with van der Waals surface area (Å²) in [6, 6.07) is 28.0. The fourth-order valence-corrected chi connectivity index (χ4v) is 13.4. The molecule has 0 saturated carbocycles. The number of fused-ring (bicyclic) bond motifs is 4. The van der Waals surface area contributed by atoms with Gasteiger partial charge in [-0.3, -0.25) is 38.9 Å². The molecule has 14 rings (SSSR count). The number of carboxylic acid groups (broad SMARTS) is 1. The summed E-state index contributed by atoms with van der Waals surface area (Å²) in [7, 11) is 0. The summed E-state index contributed by atoms with van der Waals surface area (Å²) in [5.74, 6) is -5.68.